The highest BCUT2D eigenvalue weighted by molar-refractivity contribution is 7.90. The quantitative estimate of drug-likeness (QED) is 0.214. The van der Waals surface area contributed by atoms with Crippen LogP contribution >= 0.6 is 0 Å². The van der Waals surface area contributed by atoms with Crippen molar-refractivity contribution < 1.29 is 44.6 Å². The Balaban J connectivity index is 1.35. The van der Waals surface area contributed by atoms with Crippen LogP contribution in [0.1, 0.15) is 41.5 Å². The molecule has 2 aliphatic rings. The molecule has 0 radical (unpaired) electrons. The smallest absolute Gasteiger partial charge is 0.417 e. The van der Waals surface area contributed by atoms with E-state index >= 15 is 4.39 Å². The van der Waals surface area contributed by atoms with Gasteiger partial charge in [0.15, 0.2) is 0 Å². The Morgan fingerprint density at radius 1 is 1.07 bits per heavy atom. The first-order valence-electron chi connectivity index (χ1n) is 12.8. The van der Waals surface area contributed by atoms with Crippen LogP contribution in [0.15, 0.2) is 42.6 Å². The Kier molecular flexibility index (Phi) is 7.56. The standard InChI is InChI=1S/C29H26F5NO5S/c1-15(36)26-20-9-17-10-25(35-13-21(17)28(20)26)40-14-18-8-16(4-5-23(18)30)27-22(29(32,33)34)11-19(12-24(27)31)39-6-3-7-41(2,37)38/h4-5,8,10-13,20,26,28H,3,6-7,9,14H2,1-2H3/t20-,26-,28+/m0/s1. The summed E-state index contributed by atoms with van der Waals surface area (Å²) in [6.07, 6.45) is -1.58. The number of rotatable bonds is 10. The summed E-state index contributed by atoms with van der Waals surface area (Å²) in [5, 5.41) is 0. The van der Waals surface area contributed by atoms with E-state index in [1.165, 1.54) is 0 Å². The van der Waals surface area contributed by atoms with E-state index in [9.17, 15) is 30.8 Å². The number of nitrogens with zero attached hydrogens (tertiary/aromatic N) is 1. The predicted molar refractivity (Wildman–Crippen MR) is 139 cm³/mol. The van der Waals surface area contributed by atoms with Crippen LogP contribution in [0, 0.1) is 23.5 Å². The number of sulfone groups is 1. The Morgan fingerprint density at radius 3 is 2.51 bits per heavy atom. The molecule has 0 saturated heterocycles. The van der Waals surface area contributed by atoms with Gasteiger partial charge in [0.2, 0.25) is 5.88 Å². The van der Waals surface area contributed by atoms with Crippen molar-refractivity contribution in [2.75, 3.05) is 18.6 Å². The second-order valence-electron chi connectivity index (χ2n) is 10.5. The van der Waals surface area contributed by atoms with Crippen molar-refractivity contribution in [3.8, 4) is 22.8 Å². The predicted octanol–water partition coefficient (Wildman–Crippen LogP) is 5.91. The van der Waals surface area contributed by atoms with E-state index < -0.39 is 44.5 Å². The topological polar surface area (TPSA) is 82.6 Å². The molecule has 3 aromatic rings. The average molecular weight is 596 g/mol. The number of ether oxygens (including phenoxy) is 2. The summed E-state index contributed by atoms with van der Waals surface area (Å²) < 4.78 is 105. The van der Waals surface area contributed by atoms with Gasteiger partial charge in [-0.1, -0.05) is 6.07 Å². The van der Waals surface area contributed by atoms with E-state index in [-0.39, 0.29) is 65.9 Å². The zero-order valence-electron chi connectivity index (χ0n) is 22.1. The first-order chi connectivity index (χ1) is 19.2. The number of carbonyl (C=O) groups excluding carboxylic acids is 1. The third-order valence-electron chi connectivity index (χ3n) is 7.46. The third kappa shape index (κ3) is 6.22. The van der Waals surface area contributed by atoms with Gasteiger partial charge in [0.25, 0.3) is 0 Å². The minimum absolute atomic E-state index is 0.0179. The van der Waals surface area contributed by atoms with Crippen LogP contribution < -0.4 is 9.47 Å². The van der Waals surface area contributed by atoms with Crippen molar-refractivity contribution in [1.29, 1.82) is 0 Å². The molecule has 0 N–H and O–H groups in total. The van der Waals surface area contributed by atoms with Crippen LogP contribution in [-0.2, 0) is 33.8 Å². The van der Waals surface area contributed by atoms with Crippen LogP contribution in [0.25, 0.3) is 11.1 Å². The molecule has 0 spiro atoms. The molecule has 1 fully saturated rings. The molecule has 5 rings (SSSR count). The normalized spacial score (nSPS) is 19.4. The van der Waals surface area contributed by atoms with Crippen molar-refractivity contribution >= 4 is 15.6 Å². The van der Waals surface area contributed by atoms with Gasteiger partial charge in [-0.25, -0.2) is 22.2 Å². The molecule has 0 bridgehead atoms. The van der Waals surface area contributed by atoms with Crippen molar-refractivity contribution in [1.82, 2.24) is 4.98 Å². The number of carbonyl (C=O) groups is 1. The number of aromatic nitrogens is 1. The molecule has 0 aliphatic heterocycles. The van der Waals surface area contributed by atoms with Crippen LogP contribution in [0.3, 0.4) is 0 Å². The molecular weight excluding hydrogens is 569 g/mol. The highest BCUT2D eigenvalue weighted by Gasteiger charge is 2.58. The number of alkyl halides is 3. The van der Waals surface area contributed by atoms with Crippen molar-refractivity contribution in [2.45, 2.75) is 38.5 Å². The van der Waals surface area contributed by atoms with E-state index in [1.54, 1.807) is 19.2 Å². The zero-order valence-corrected chi connectivity index (χ0v) is 22.9. The summed E-state index contributed by atoms with van der Waals surface area (Å²) in [5.74, 6) is -1.83. The van der Waals surface area contributed by atoms with Gasteiger partial charge in [-0.2, -0.15) is 13.2 Å². The maximum Gasteiger partial charge on any atom is 0.417 e. The molecule has 218 valence electrons. The Labute approximate surface area is 233 Å². The molecule has 12 heteroatoms. The number of hydrogen-bond acceptors (Lipinski definition) is 6. The van der Waals surface area contributed by atoms with Gasteiger partial charge in [0.05, 0.1) is 17.9 Å². The fraction of sp³-hybridized carbons (Fsp3) is 0.379. The van der Waals surface area contributed by atoms with Crippen molar-refractivity contribution in [3.63, 3.8) is 0 Å². The minimum Gasteiger partial charge on any atom is -0.493 e. The Morgan fingerprint density at radius 2 is 1.83 bits per heavy atom. The summed E-state index contributed by atoms with van der Waals surface area (Å²) in [7, 11) is -3.29. The number of Topliss-reactive ketones (excluding diaryl/α,β-unsaturated/α-hetero) is 1. The molecule has 0 amide bonds. The molecule has 2 aliphatic carbocycles. The Hall–Kier alpha value is -3.54. The lowest BCUT2D eigenvalue weighted by Crippen LogP contribution is -2.11. The maximum atomic E-state index is 15.1. The van der Waals surface area contributed by atoms with Gasteiger partial charge in [0, 0.05) is 41.6 Å². The highest BCUT2D eigenvalue weighted by Crippen LogP contribution is 2.61. The zero-order chi connectivity index (χ0) is 29.7. The Bertz CT molecular complexity index is 1620. The molecule has 0 unspecified atom stereocenters. The number of halogens is 5. The molecule has 3 atom stereocenters. The van der Waals surface area contributed by atoms with E-state index in [0.717, 1.165) is 41.6 Å². The summed E-state index contributed by atoms with van der Waals surface area (Å²) in [5.41, 5.74) is -0.427. The number of ketones is 1. The number of pyridine rings is 1. The van der Waals surface area contributed by atoms with Crippen molar-refractivity contribution in [2.24, 2.45) is 11.8 Å². The van der Waals surface area contributed by atoms with Crippen LogP contribution in [0.4, 0.5) is 22.0 Å². The van der Waals surface area contributed by atoms with Gasteiger partial charge in [-0.3, -0.25) is 4.79 Å². The largest absolute Gasteiger partial charge is 0.493 e. The lowest BCUT2D eigenvalue weighted by Gasteiger charge is -2.17. The number of hydrogen-bond donors (Lipinski definition) is 0. The molecule has 1 heterocycles. The molecule has 41 heavy (non-hydrogen) atoms. The molecular formula is C29H26F5NO5S. The molecule has 6 nitrogen and oxygen atoms in total. The van der Waals surface area contributed by atoms with E-state index in [1.807, 2.05) is 0 Å². The molecule has 1 saturated carbocycles. The lowest BCUT2D eigenvalue weighted by molar-refractivity contribution is -0.137. The highest BCUT2D eigenvalue weighted by atomic mass is 32.2. The van der Waals surface area contributed by atoms with Gasteiger partial charge in [-0.15, -0.1) is 0 Å². The van der Waals surface area contributed by atoms with E-state index in [2.05, 4.69) is 4.98 Å². The third-order valence-corrected chi connectivity index (χ3v) is 8.49. The van der Waals surface area contributed by atoms with Gasteiger partial charge < -0.3 is 9.47 Å². The van der Waals surface area contributed by atoms with E-state index in [0.29, 0.717) is 12.5 Å². The fourth-order valence-corrected chi connectivity index (χ4v) is 6.23. The van der Waals surface area contributed by atoms with Gasteiger partial charge in [-0.05, 0) is 66.5 Å². The maximum absolute atomic E-state index is 15.1. The summed E-state index contributed by atoms with van der Waals surface area (Å²) >= 11 is 0. The molecule has 2 aromatic carbocycles. The number of fused-ring (bicyclic) bond motifs is 3. The van der Waals surface area contributed by atoms with Crippen LogP contribution in [-0.4, -0.2) is 37.8 Å². The molecule has 1 aromatic heterocycles. The second-order valence-corrected chi connectivity index (χ2v) is 12.8. The van der Waals surface area contributed by atoms with Crippen LogP contribution in [0.2, 0.25) is 0 Å². The SMILES string of the molecule is CC(=O)[C@H]1[C@@H]2Cc3cc(OCc4cc(-c5c(F)cc(OCCCS(C)(=O)=O)cc5C(F)(F)F)ccc4F)ncc3[C@@H]21. The van der Waals surface area contributed by atoms with Gasteiger partial charge >= 0.3 is 6.18 Å². The first-order valence-corrected chi connectivity index (χ1v) is 14.9. The number of benzene rings is 2. The second kappa shape index (κ2) is 10.7. The average Bonchev–Trinajstić information content (AvgIpc) is 3.47. The summed E-state index contributed by atoms with van der Waals surface area (Å²) in [6.45, 7) is 0.988. The van der Waals surface area contributed by atoms with Gasteiger partial charge in [0.1, 0.15) is 39.6 Å². The van der Waals surface area contributed by atoms with Crippen molar-refractivity contribution in [3.05, 3.63) is 76.5 Å². The lowest BCUT2D eigenvalue weighted by atomic mass is 9.96. The van der Waals surface area contributed by atoms with E-state index in [4.69, 9.17) is 9.47 Å². The first kappa shape index (κ1) is 29.0. The van der Waals surface area contributed by atoms with Crippen LogP contribution in [0.5, 0.6) is 11.6 Å². The fourth-order valence-electron chi connectivity index (χ4n) is 5.59. The summed E-state index contributed by atoms with van der Waals surface area (Å²) in [6, 6.07) is 6.21. The summed E-state index contributed by atoms with van der Waals surface area (Å²) in [4.78, 5) is 16.0. The monoisotopic (exact) mass is 595 g/mol. The minimum atomic E-state index is -4.97.